The Bertz CT molecular complexity index is 285. The highest BCUT2D eigenvalue weighted by molar-refractivity contribution is 7.07. The molecule has 0 radical (unpaired) electrons. The third kappa shape index (κ3) is 2.35. The predicted octanol–water partition coefficient (Wildman–Crippen LogP) is 1.75. The van der Waals surface area contributed by atoms with Gasteiger partial charge in [-0.1, -0.05) is 0 Å². The van der Waals surface area contributed by atoms with Gasteiger partial charge in [0.1, 0.15) is 0 Å². The number of hydrogen-bond acceptors (Lipinski definition) is 3. The van der Waals surface area contributed by atoms with Crippen molar-refractivity contribution in [2.24, 2.45) is 0 Å². The van der Waals surface area contributed by atoms with Crippen molar-refractivity contribution in [3.63, 3.8) is 0 Å². The molecule has 1 aromatic rings. The fourth-order valence-corrected chi connectivity index (χ4v) is 2.78. The van der Waals surface area contributed by atoms with Crippen LogP contribution in [0.25, 0.3) is 0 Å². The maximum atomic E-state index is 10.2. The minimum Gasteiger partial charge on any atom is -0.388 e. The van der Waals surface area contributed by atoms with Gasteiger partial charge in [0.25, 0.3) is 0 Å². The fourth-order valence-electron chi connectivity index (χ4n) is 2.08. The molecule has 0 bridgehead atoms. The number of aliphatic hydroxyl groups is 1. The molecule has 2 rings (SSSR count). The first-order valence-electron chi connectivity index (χ1n) is 5.10. The van der Waals surface area contributed by atoms with Gasteiger partial charge >= 0.3 is 0 Å². The second kappa shape index (κ2) is 4.01. The van der Waals surface area contributed by atoms with Gasteiger partial charge in [-0.15, -0.1) is 0 Å². The molecule has 2 nitrogen and oxygen atoms in total. The maximum absolute atomic E-state index is 10.2. The number of thiophene rings is 1. The Balaban J connectivity index is 1.86. The van der Waals surface area contributed by atoms with Crippen LogP contribution in [0.4, 0.5) is 0 Å². The molecule has 1 aliphatic heterocycles. The highest BCUT2D eigenvalue weighted by atomic mass is 32.1. The summed E-state index contributed by atoms with van der Waals surface area (Å²) in [5.41, 5.74) is 0.925. The van der Waals surface area contributed by atoms with Gasteiger partial charge < -0.3 is 10.0 Å². The molecule has 2 heterocycles. The Morgan fingerprint density at radius 2 is 2.50 bits per heavy atom. The van der Waals surface area contributed by atoms with E-state index in [9.17, 15) is 5.11 Å². The number of nitrogens with zero attached hydrogens (tertiary/aromatic N) is 1. The average Bonchev–Trinajstić information content (AvgIpc) is 2.73. The molecule has 14 heavy (non-hydrogen) atoms. The Morgan fingerprint density at radius 1 is 1.64 bits per heavy atom. The van der Waals surface area contributed by atoms with Crippen LogP contribution in [0, 0.1) is 0 Å². The predicted molar refractivity (Wildman–Crippen MR) is 59.7 cm³/mol. The first-order valence-corrected chi connectivity index (χ1v) is 6.04. The lowest BCUT2D eigenvalue weighted by Crippen LogP contribution is -2.32. The lowest BCUT2D eigenvalue weighted by Gasteiger charge is -2.21. The molecule has 1 fully saturated rings. The van der Waals surface area contributed by atoms with E-state index in [0.29, 0.717) is 0 Å². The molecule has 0 aromatic carbocycles. The zero-order valence-corrected chi connectivity index (χ0v) is 9.39. The van der Waals surface area contributed by atoms with Crippen molar-refractivity contribution in [2.45, 2.75) is 24.9 Å². The van der Waals surface area contributed by atoms with Crippen molar-refractivity contribution in [1.29, 1.82) is 0 Å². The van der Waals surface area contributed by atoms with E-state index in [2.05, 4.69) is 28.8 Å². The van der Waals surface area contributed by atoms with Crippen molar-refractivity contribution in [3.05, 3.63) is 22.4 Å². The van der Waals surface area contributed by atoms with E-state index in [1.165, 1.54) is 5.56 Å². The molecule has 0 amide bonds. The maximum Gasteiger partial charge on any atom is 0.0789 e. The van der Waals surface area contributed by atoms with Gasteiger partial charge in [0.05, 0.1) is 5.60 Å². The van der Waals surface area contributed by atoms with Gasteiger partial charge in [0.2, 0.25) is 0 Å². The van der Waals surface area contributed by atoms with Crippen LogP contribution in [0.2, 0.25) is 0 Å². The van der Waals surface area contributed by atoms with Crippen LogP contribution in [-0.4, -0.2) is 35.7 Å². The second-order valence-corrected chi connectivity index (χ2v) is 5.12. The third-order valence-electron chi connectivity index (χ3n) is 2.98. The summed E-state index contributed by atoms with van der Waals surface area (Å²) in [4.78, 5) is 2.20. The molecule has 1 unspecified atom stereocenters. The molecule has 1 atom stereocenters. The Labute approximate surface area is 89.2 Å². The molecule has 0 spiro atoms. The minimum absolute atomic E-state index is 0.434. The first kappa shape index (κ1) is 10.1. The molecular formula is C11H17NOS. The number of likely N-dealkylation sites (tertiary alicyclic amines) is 1. The van der Waals surface area contributed by atoms with E-state index in [0.717, 1.165) is 32.4 Å². The highest BCUT2D eigenvalue weighted by Gasteiger charge is 2.33. The third-order valence-corrected chi connectivity index (χ3v) is 3.71. The average molecular weight is 211 g/mol. The number of β-amino-alcohol motifs (C(OH)–C–C–N with tert-alkyl or cyclic N) is 1. The van der Waals surface area contributed by atoms with Gasteiger partial charge in [-0.25, -0.2) is 0 Å². The summed E-state index contributed by atoms with van der Waals surface area (Å²) in [5, 5.41) is 14.5. The molecule has 3 heteroatoms. The zero-order valence-electron chi connectivity index (χ0n) is 8.57. The first-order chi connectivity index (χ1) is 6.68. The number of aryl methyl sites for hydroxylation is 1. The second-order valence-electron chi connectivity index (χ2n) is 4.34. The molecule has 0 saturated carbocycles. The number of hydrogen-bond donors (Lipinski definition) is 1. The van der Waals surface area contributed by atoms with E-state index < -0.39 is 5.60 Å². The standard InChI is InChI=1S/C11H17NOS/c1-12-6-5-11(13,9-12)4-2-10-3-7-14-8-10/h3,7-8,13H,2,4-6,9H2,1H3. The smallest absolute Gasteiger partial charge is 0.0789 e. The molecular weight excluding hydrogens is 194 g/mol. The Hall–Kier alpha value is -0.380. The van der Waals surface area contributed by atoms with Crippen molar-refractivity contribution in [3.8, 4) is 0 Å². The summed E-state index contributed by atoms with van der Waals surface area (Å²) in [6.45, 7) is 1.86. The normalized spacial score (nSPS) is 28.4. The summed E-state index contributed by atoms with van der Waals surface area (Å²) >= 11 is 1.73. The van der Waals surface area contributed by atoms with E-state index in [1.54, 1.807) is 11.3 Å². The summed E-state index contributed by atoms with van der Waals surface area (Å²) in [6, 6.07) is 2.15. The van der Waals surface area contributed by atoms with Crippen molar-refractivity contribution >= 4 is 11.3 Å². The zero-order chi connectivity index (χ0) is 10.0. The fraction of sp³-hybridized carbons (Fsp3) is 0.636. The molecule has 0 aliphatic carbocycles. The van der Waals surface area contributed by atoms with Gasteiger partial charge in [0.15, 0.2) is 0 Å². The highest BCUT2D eigenvalue weighted by Crippen LogP contribution is 2.25. The molecule has 1 N–H and O–H groups in total. The summed E-state index contributed by atoms with van der Waals surface area (Å²) in [6.07, 6.45) is 2.83. The Morgan fingerprint density at radius 3 is 3.07 bits per heavy atom. The largest absolute Gasteiger partial charge is 0.388 e. The monoisotopic (exact) mass is 211 g/mol. The molecule has 1 aromatic heterocycles. The van der Waals surface area contributed by atoms with Gasteiger partial charge in [0, 0.05) is 13.1 Å². The van der Waals surface area contributed by atoms with Crippen LogP contribution in [0.1, 0.15) is 18.4 Å². The molecule has 1 aliphatic rings. The molecule has 1 saturated heterocycles. The van der Waals surface area contributed by atoms with E-state index >= 15 is 0 Å². The van der Waals surface area contributed by atoms with Crippen LogP contribution in [0.15, 0.2) is 16.8 Å². The van der Waals surface area contributed by atoms with Crippen LogP contribution >= 0.6 is 11.3 Å². The quantitative estimate of drug-likeness (QED) is 0.823. The lowest BCUT2D eigenvalue weighted by atomic mass is 9.95. The summed E-state index contributed by atoms with van der Waals surface area (Å²) in [5.74, 6) is 0. The van der Waals surface area contributed by atoms with Crippen molar-refractivity contribution < 1.29 is 5.11 Å². The van der Waals surface area contributed by atoms with E-state index in [-0.39, 0.29) is 0 Å². The summed E-state index contributed by atoms with van der Waals surface area (Å²) < 4.78 is 0. The van der Waals surface area contributed by atoms with E-state index in [1.807, 2.05) is 0 Å². The SMILES string of the molecule is CN1CCC(O)(CCc2ccsc2)C1. The van der Waals surface area contributed by atoms with Crippen LogP contribution in [0.3, 0.4) is 0 Å². The molecule has 78 valence electrons. The number of likely N-dealkylation sites (N-methyl/N-ethyl adjacent to an activating group) is 1. The number of rotatable bonds is 3. The van der Waals surface area contributed by atoms with Gasteiger partial charge in [-0.05, 0) is 48.7 Å². The van der Waals surface area contributed by atoms with Gasteiger partial charge in [-0.2, -0.15) is 11.3 Å². The Kier molecular flexibility index (Phi) is 2.91. The van der Waals surface area contributed by atoms with Crippen LogP contribution in [-0.2, 0) is 6.42 Å². The summed E-state index contributed by atoms with van der Waals surface area (Å²) in [7, 11) is 2.07. The topological polar surface area (TPSA) is 23.5 Å². The lowest BCUT2D eigenvalue weighted by molar-refractivity contribution is 0.0435. The minimum atomic E-state index is -0.434. The van der Waals surface area contributed by atoms with Crippen LogP contribution in [0.5, 0.6) is 0 Å². The van der Waals surface area contributed by atoms with Gasteiger partial charge in [-0.3, -0.25) is 0 Å². The van der Waals surface area contributed by atoms with Crippen LogP contribution < -0.4 is 0 Å². The van der Waals surface area contributed by atoms with E-state index in [4.69, 9.17) is 0 Å². The van der Waals surface area contributed by atoms with Crippen molar-refractivity contribution in [1.82, 2.24) is 4.90 Å². The van der Waals surface area contributed by atoms with Crippen molar-refractivity contribution in [2.75, 3.05) is 20.1 Å².